The van der Waals surface area contributed by atoms with Gasteiger partial charge in [-0.3, -0.25) is 0 Å². The lowest BCUT2D eigenvalue weighted by Gasteiger charge is -2.27. The molecule has 0 amide bonds. The Hall–Kier alpha value is -1.18. The summed E-state index contributed by atoms with van der Waals surface area (Å²) in [5.41, 5.74) is 2.31. The number of hydrazine groups is 1. The maximum Gasteiger partial charge on any atom is 0.246 e. The van der Waals surface area contributed by atoms with Gasteiger partial charge in [0.1, 0.15) is 4.90 Å². The lowest BCUT2D eigenvalue weighted by atomic mass is 10.1. The van der Waals surface area contributed by atoms with E-state index < -0.39 is 10.0 Å². The lowest BCUT2D eigenvalue weighted by molar-refractivity contribution is 0.316. The Bertz CT molecular complexity index is 502. The number of sulfonamides is 1. The summed E-state index contributed by atoms with van der Waals surface area (Å²) in [4.78, 5) is 3.99. The van der Waals surface area contributed by atoms with E-state index in [2.05, 4.69) is 10.4 Å². The van der Waals surface area contributed by atoms with Crippen LogP contribution in [0.25, 0.3) is 0 Å². The molecule has 1 atom stereocenters. The van der Waals surface area contributed by atoms with E-state index in [1.807, 2.05) is 20.8 Å². The lowest BCUT2D eigenvalue weighted by Crippen LogP contribution is -2.38. The molecule has 0 aromatic carbocycles. The quantitative estimate of drug-likeness (QED) is 0.617. The molecule has 3 N–H and O–H groups in total. The summed E-state index contributed by atoms with van der Waals surface area (Å²) in [6.45, 7) is 5.82. The molecule has 102 valence electrons. The van der Waals surface area contributed by atoms with E-state index in [1.165, 1.54) is 16.6 Å². The Kier molecular flexibility index (Phi) is 4.66. The van der Waals surface area contributed by atoms with Crippen molar-refractivity contribution in [3.63, 3.8) is 0 Å². The zero-order valence-electron chi connectivity index (χ0n) is 11.1. The summed E-state index contributed by atoms with van der Waals surface area (Å²) in [6.07, 6.45) is 1.49. The van der Waals surface area contributed by atoms with Gasteiger partial charge in [0.2, 0.25) is 10.0 Å². The summed E-state index contributed by atoms with van der Waals surface area (Å²) in [7, 11) is -2.03. The number of nitrogens with one attached hydrogen (secondary N) is 1. The second-order valence-corrected chi connectivity index (χ2v) is 6.47. The van der Waals surface area contributed by atoms with Crippen LogP contribution < -0.4 is 11.3 Å². The molecule has 0 fully saturated rings. The van der Waals surface area contributed by atoms with Gasteiger partial charge in [0.15, 0.2) is 5.82 Å². The Balaban J connectivity index is 3.21. The molecule has 1 unspecified atom stereocenters. The molecule has 0 aliphatic carbocycles. The van der Waals surface area contributed by atoms with Crippen molar-refractivity contribution in [1.82, 2.24) is 9.29 Å². The molecule has 0 radical (unpaired) electrons. The van der Waals surface area contributed by atoms with Crippen LogP contribution in [0.1, 0.15) is 20.8 Å². The minimum atomic E-state index is -3.60. The van der Waals surface area contributed by atoms with Crippen LogP contribution in [0, 0.1) is 5.92 Å². The smallest absolute Gasteiger partial charge is 0.246 e. The SMILES string of the molecule is CC(C)C(C)N(C)S(=O)(=O)c1cccnc1NN. The van der Waals surface area contributed by atoms with E-state index in [9.17, 15) is 8.42 Å². The number of nitrogens with two attached hydrogens (primary N) is 1. The van der Waals surface area contributed by atoms with Gasteiger partial charge >= 0.3 is 0 Å². The predicted octanol–water partition coefficient (Wildman–Crippen LogP) is 1.03. The topological polar surface area (TPSA) is 88.3 Å². The fourth-order valence-electron chi connectivity index (χ4n) is 1.50. The fraction of sp³-hybridized carbons (Fsp3) is 0.545. The third-order valence-corrected chi connectivity index (χ3v) is 5.08. The van der Waals surface area contributed by atoms with E-state index in [0.717, 1.165) is 0 Å². The number of hydrogen-bond acceptors (Lipinski definition) is 5. The van der Waals surface area contributed by atoms with Crippen molar-refractivity contribution in [2.75, 3.05) is 12.5 Å². The van der Waals surface area contributed by atoms with Crippen LogP contribution in [-0.4, -0.2) is 30.8 Å². The van der Waals surface area contributed by atoms with Gasteiger partial charge in [0.25, 0.3) is 0 Å². The number of rotatable bonds is 5. The zero-order chi connectivity index (χ0) is 13.9. The van der Waals surface area contributed by atoms with Crippen LogP contribution in [0.3, 0.4) is 0 Å². The monoisotopic (exact) mass is 272 g/mol. The fourth-order valence-corrected chi connectivity index (χ4v) is 3.10. The van der Waals surface area contributed by atoms with E-state index >= 15 is 0 Å². The highest BCUT2D eigenvalue weighted by molar-refractivity contribution is 7.89. The van der Waals surface area contributed by atoms with Crippen LogP contribution in [0.2, 0.25) is 0 Å². The summed E-state index contributed by atoms with van der Waals surface area (Å²) < 4.78 is 26.2. The number of hydrogen-bond donors (Lipinski definition) is 2. The van der Waals surface area contributed by atoms with Crippen molar-refractivity contribution >= 4 is 15.8 Å². The molecule has 0 saturated carbocycles. The largest absolute Gasteiger partial charge is 0.307 e. The minimum absolute atomic E-state index is 0.0856. The van der Waals surface area contributed by atoms with Crippen LogP contribution in [0.15, 0.2) is 23.2 Å². The summed E-state index contributed by atoms with van der Waals surface area (Å²) in [5.74, 6) is 5.66. The first-order valence-corrected chi connectivity index (χ1v) is 7.16. The number of aromatic nitrogens is 1. The molecule has 1 heterocycles. The van der Waals surface area contributed by atoms with Gasteiger partial charge in [-0.15, -0.1) is 0 Å². The van der Waals surface area contributed by atoms with Crippen LogP contribution in [0.4, 0.5) is 5.82 Å². The first-order valence-electron chi connectivity index (χ1n) is 5.72. The Morgan fingerprint density at radius 3 is 2.50 bits per heavy atom. The maximum atomic E-state index is 12.4. The van der Waals surface area contributed by atoms with E-state index in [0.29, 0.717) is 0 Å². The first-order chi connectivity index (χ1) is 8.32. The first kappa shape index (κ1) is 14.9. The number of anilines is 1. The molecular weight excluding hydrogens is 252 g/mol. The van der Waals surface area contributed by atoms with Crippen molar-refractivity contribution in [3.05, 3.63) is 18.3 Å². The van der Waals surface area contributed by atoms with Crippen LogP contribution >= 0.6 is 0 Å². The number of nitrogen functional groups attached to an aromatic ring is 1. The maximum absolute atomic E-state index is 12.4. The molecule has 0 spiro atoms. The molecular formula is C11H20N4O2S. The van der Waals surface area contributed by atoms with Gasteiger partial charge in [-0.05, 0) is 25.0 Å². The van der Waals surface area contributed by atoms with Gasteiger partial charge in [-0.1, -0.05) is 13.8 Å². The van der Waals surface area contributed by atoms with Crippen molar-refractivity contribution in [1.29, 1.82) is 0 Å². The summed E-state index contributed by atoms with van der Waals surface area (Å²) in [6, 6.07) is 2.95. The normalized spacial score (nSPS) is 13.9. The van der Waals surface area contributed by atoms with E-state index in [4.69, 9.17) is 5.84 Å². The van der Waals surface area contributed by atoms with Gasteiger partial charge in [-0.2, -0.15) is 4.31 Å². The average Bonchev–Trinajstić information content (AvgIpc) is 2.36. The molecule has 0 bridgehead atoms. The van der Waals surface area contributed by atoms with Gasteiger partial charge in [-0.25, -0.2) is 19.2 Å². The number of pyridine rings is 1. The molecule has 6 nitrogen and oxygen atoms in total. The molecule has 0 aliphatic heterocycles. The highest BCUT2D eigenvalue weighted by Crippen LogP contribution is 2.24. The van der Waals surface area contributed by atoms with Crippen LogP contribution in [-0.2, 0) is 10.0 Å². The van der Waals surface area contributed by atoms with E-state index in [1.54, 1.807) is 13.1 Å². The van der Waals surface area contributed by atoms with Crippen LogP contribution in [0.5, 0.6) is 0 Å². The number of nitrogens with zero attached hydrogens (tertiary/aromatic N) is 2. The van der Waals surface area contributed by atoms with E-state index in [-0.39, 0.29) is 22.7 Å². The Morgan fingerprint density at radius 1 is 1.39 bits per heavy atom. The minimum Gasteiger partial charge on any atom is -0.307 e. The summed E-state index contributed by atoms with van der Waals surface area (Å²) in [5, 5.41) is 0. The third-order valence-electron chi connectivity index (χ3n) is 3.10. The van der Waals surface area contributed by atoms with Crippen molar-refractivity contribution in [2.24, 2.45) is 11.8 Å². The molecule has 18 heavy (non-hydrogen) atoms. The zero-order valence-corrected chi connectivity index (χ0v) is 11.9. The van der Waals surface area contributed by atoms with Crippen molar-refractivity contribution in [2.45, 2.75) is 31.7 Å². The molecule has 1 aromatic heterocycles. The van der Waals surface area contributed by atoms with Gasteiger partial charge < -0.3 is 5.43 Å². The third kappa shape index (κ3) is 2.80. The van der Waals surface area contributed by atoms with Crippen molar-refractivity contribution in [3.8, 4) is 0 Å². The van der Waals surface area contributed by atoms with Gasteiger partial charge in [0, 0.05) is 19.3 Å². The second-order valence-electron chi connectivity index (χ2n) is 4.50. The molecule has 0 saturated heterocycles. The summed E-state index contributed by atoms with van der Waals surface area (Å²) >= 11 is 0. The molecule has 1 aromatic rings. The highest BCUT2D eigenvalue weighted by atomic mass is 32.2. The average molecular weight is 272 g/mol. The van der Waals surface area contributed by atoms with Gasteiger partial charge in [0.05, 0.1) is 0 Å². The molecule has 1 rings (SSSR count). The Labute approximate surface area is 108 Å². The highest BCUT2D eigenvalue weighted by Gasteiger charge is 2.29. The standard InChI is InChI=1S/C11H20N4O2S/c1-8(2)9(3)15(4)18(16,17)10-6-5-7-13-11(10)14-12/h5-9H,12H2,1-4H3,(H,13,14). The van der Waals surface area contributed by atoms with Crippen molar-refractivity contribution < 1.29 is 8.42 Å². The Morgan fingerprint density at radius 2 is 2.00 bits per heavy atom. The molecule has 0 aliphatic rings. The predicted molar refractivity (Wildman–Crippen MR) is 71.3 cm³/mol. The second kappa shape index (κ2) is 5.64. The molecule has 7 heteroatoms.